The number of aromatic nitrogens is 4. The predicted octanol–water partition coefficient (Wildman–Crippen LogP) is 3.06. The first kappa shape index (κ1) is 17.8. The van der Waals surface area contributed by atoms with Gasteiger partial charge in [0.25, 0.3) is 5.91 Å². The number of benzene rings is 1. The van der Waals surface area contributed by atoms with E-state index in [-0.39, 0.29) is 11.9 Å². The van der Waals surface area contributed by atoms with E-state index in [9.17, 15) is 4.79 Å². The van der Waals surface area contributed by atoms with Crippen LogP contribution in [-0.4, -0.2) is 40.1 Å². The zero-order valence-electron chi connectivity index (χ0n) is 15.8. The molecule has 0 N–H and O–H groups in total. The molecule has 2 aromatic heterocycles. The molecule has 8 heteroatoms. The van der Waals surface area contributed by atoms with Crippen LogP contribution < -0.4 is 14.4 Å². The maximum absolute atomic E-state index is 13.1. The minimum absolute atomic E-state index is 0.116. The number of nitrogens with zero attached hydrogens (tertiary/aromatic N) is 5. The molecular weight excluding hydrogens is 358 g/mol. The topological polar surface area (TPSA) is 90.3 Å². The van der Waals surface area contributed by atoms with Crippen molar-refractivity contribution in [2.24, 2.45) is 0 Å². The van der Waals surface area contributed by atoms with Crippen LogP contribution in [0, 0.1) is 0 Å². The van der Waals surface area contributed by atoms with Gasteiger partial charge in [-0.3, -0.25) is 9.69 Å². The fourth-order valence-electron chi connectivity index (χ4n) is 3.44. The van der Waals surface area contributed by atoms with Gasteiger partial charge in [0.05, 0.1) is 38.3 Å². The highest BCUT2D eigenvalue weighted by Crippen LogP contribution is 2.43. The lowest BCUT2D eigenvalue weighted by molar-refractivity contribution is 0.0990. The third-order valence-electron chi connectivity index (χ3n) is 4.74. The Hall–Kier alpha value is -3.55. The summed E-state index contributed by atoms with van der Waals surface area (Å²) in [5.41, 5.74) is 2.12. The second kappa shape index (κ2) is 7.22. The van der Waals surface area contributed by atoms with Gasteiger partial charge < -0.3 is 9.47 Å². The van der Waals surface area contributed by atoms with Gasteiger partial charge in [-0.2, -0.15) is 0 Å². The van der Waals surface area contributed by atoms with Crippen molar-refractivity contribution >= 4 is 11.6 Å². The standard InChI is InChI=1S/C20H19N5O3/c1-4-15-13-8-16(27-2)17(28-3)9-14(13)20(26)25(15)12-10-23-19(24-11-12)18-21-6-5-7-22-18/h5-11,15H,4H2,1-3H3/t15-/m0/s1. The number of fused-ring (bicyclic) bond motifs is 1. The molecule has 0 saturated carbocycles. The molecular formula is C20H19N5O3. The van der Waals surface area contributed by atoms with E-state index in [2.05, 4.69) is 19.9 Å². The van der Waals surface area contributed by atoms with Crippen LogP contribution in [0.3, 0.4) is 0 Å². The molecule has 0 unspecified atom stereocenters. The Morgan fingerprint density at radius 1 is 0.964 bits per heavy atom. The maximum Gasteiger partial charge on any atom is 0.259 e. The molecule has 4 rings (SSSR count). The zero-order valence-corrected chi connectivity index (χ0v) is 15.8. The molecule has 1 amide bonds. The van der Waals surface area contributed by atoms with Crippen molar-refractivity contribution < 1.29 is 14.3 Å². The number of rotatable bonds is 5. The van der Waals surface area contributed by atoms with Crippen molar-refractivity contribution in [3.63, 3.8) is 0 Å². The first-order valence-electron chi connectivity index (χ1n) is 8.86. The van der Waals surface area contributed by atoms with E-state index >= 15 is 0 Å². The summed E-state index contributed by atoms with van der Waals surface area (Å²) in [4.78, 5) is 31.8. The summed E-state index contributed by atoms with van der Waals surface area (Å²) >= 11 is 0. The molecule has 3 aromatic rings. The lowest BCUT2D eigenvalue weighted by Gasteiger charge is -2.23. The SMILES string of the molecule is CC[C@H]1c2cc(OC)c(OC)cc2C(=O)N1c1cnc(-c2ncccn2)nc1. The van der Waals surface area contributed by atoms with Crippen molar-refractivity contribution in [2.75, 3.05) is 19.1 Å². The van der Waals surface area contributed by atoms with E-state index in [1.54, 1.807) is 56.0 Å². The van der Waals surface area contributed by atoms with Crippen molar-refractivity contribution in [1.82, 2.24) is 19.9 Å². The Bertz CT molecular complexity index is 1010. The molecule has 0 spiro atoms. The molecule has 28 heavy (non-hydrogen) atoms. The van der Waals surface area contributed by atoms with Gasteiger partial charge in [0.1, 0.15) is 0 Å². The van der Waals surface area contributed by atoms with E-state index < -0.39 is 0 Å². The van der Waals surface area contributed by atoms with Gasteiger partial charge in [0, 0.05) is 18.0 Å². The average molecular weight is 377 g/mol. The highest BCUT2D eigenvalue weighted by molar-refractivity contribution is 6.11. The number of carbonyl (C=O) groups is 1. The number of methoxy groups -OCH3 is 2. The molecule has 0 radical (unpaired) electrons. The highest BCUT2D eigenvalue weighted by atomic mass is 16.5. The van der Waals surface area contributed by atoms with Gasteiger partial charge in [-0.05, 0) is 30.2 Å². The van der Waals surface area contributed by atoms with Crippen LogP contribution in [-0.2, 0) is 0 Å². The van der Waals surface area contributed by atoms with E-state index in [1.807, 2.05) is 13.0 Å². The maximum atomic E-state index is 13.1. The molecule has 0 saturated heterocycles. The largest absolute Gasteiger partial charge is 0.493 e. The van der Waals surface area contributed by atoms with Crippen molar-refractivity contribution in [3.8, 4) is 23.1 Å². The van der Waals surface area contributed by atoms with Gasteiger partial charge in [-0.25, -0.2) is 19.9 Å². The quantitative estimate of drug-likeness (QED) is 0.675. The van der Waals surface area contributed by atoms with Crippen LogP contribution in [0.15, 0.2) is 43.0 Å². The Morgan fingerprint density at radius 3 is 2.18 bits per heavy atom. The van der Waals surface area contributed by atoms with E-state index in [4.69, 9.17) is 9.47 Å². The number of ether oxygens (including phenoxy) is 2. The summed E-state index contributed by atoms with van der Waals surface area (Å²) in [5, 5.41) is 0. The van der Waals surface area contributed by atoms with Gasteiger partial charge in [-0.1, -0.05) is 6.92 Å². The Balaban J connectivity index is 1.72. The Kier molecular flexibility index (Phi) is 4.60. The smallest absolute Gasteiger partial charge is 0.259 e. The lowest BCUT2D eigenvalue weighted by atomic mass is 10.0. The molecule has 8 nitrogen and oxygen atoms in total. The second-order valence-corrected chi connectivity index (χ2v) is 6.23. The molecule has 142 valence electrons. The van der Waals surface area contributed by atoms with Gasteiger partial charge in [0.2, 0.25) is 0 Å². The van der Waals surface area contributed by atoms with Crippen LogP contribution >= 0.6 is 0 Å². The summed E-state index contributed by atoms with van der Waals surface area (Å²) in [6, 6.07) is 5.19. The number of amides is 1. The molecule has 1 aliphatic heterocycles. The average Bonchev–Trinajstić information content (AvgIpc) is 3.04. The molecule has 1 aromatic carbocycles. The fourth-order valence-corrected chi connectivity index (χ4v) is 3.44. The van der Waals surface area contributed by atoms with Crippen LogP contribution in [0.25, 0.3) is 11.6 Å². The Morgan fingerprint density at radius 2 is 1.57 bits per heavy atom. The number of carbonyl (C=O) groups excluding carboxylic acids is 1. The molecule has 0 fully saturated rings. The second-order valence-electron chi connectivity index (χ2n) is 6.23. The van der Waals surface area contributed by atoms with E-state index in [0.717, 1.165) is 12.0 Å². The molecule has 3 heterocycles. The predicted molar refractivity (Wildman–Crippen MR) is 102 cm³/mol. The highest BCUT2D eigenvalue weighted by Gasteiger charge is 2.38. The van der Waals surface area contributed by atoms with Crippen molar-refractivity contribution in [1.29, 1.82) is 0 Å². The van der Waals surface area contributed by atoms with E-state index in [1.165, 1.54) is 0 Å². The number of hydrogen-bond acceptors (Lipinski definition) is 7. The fraction of sp³-hybridized carbons (Fsp3) is 0.250. The van der Waals surface area contributed by atoms with Crippen molar-refractivity contribution in [2.45, 2.75) is 19.4 Å². The number of anilines is 1. The third kappa shape index (κ3) is 2.83. The summed E-state index contributed by atoms with van der Waals surface area (Å²) in [6.45, 7) is 2.03. The first-order valence-corrected chi connectivity index (χ1v) is 8.86. The van der Waals surface area contributed by atoms with Gasteiger partial charge in [0.15, 0.2) is 23.1 Å². The van der Waals surface area contributed by atoms with Gasteiger partial charge >= 0.3 is 0 Å². The lowest BCUT2D eigenvalue weighted by Crippen LogP contribution is -2.27. The van der Waals surface area contributed by atoms with Crippen LogP contribution in [0.1, 0.15) is 35.3 Å². The summed E-state index contributed by atoms with van der Waals surface area (Å²) in [5.74, 6) is 1.85. The molecule has 0 aliphatic carbocycles. The monoisotopic (exact) mass is 377 g/mol. The van der Waals surface area contributed by atoms with Crippen molar-refractivity contribution in [3.05, 3.63) is 54.1 Å². The normalized spacial score (nSPS) is 15.5. The van der Waals surface area contributed by atoms with Gasteiger partial charge in [-0.15, -0.1) is 0 Å². The Labute approximate surface area is 162 Å². The minimum Gasteiger partial charge on any atom is -0.493 e. The van der Waals surface area contributed by atoms with Crippen LogP contribution in [0.2, 0.25) is 0 Å². The third-order valence-corrected chi connectivity index (χ3v) is 4.74. The van der Waals surface area contributed by atoms with Crippen LogP contribution in [0.4, 0.5) is 5.69 Å². The summed E-state index contributed by atoms with van der Waals surface area (Å²) < 4.78 is 10.8. The summed E-state index contributed by atoms with van der Waals surface area (Å²) in [6.07, 6.45) is 7.25. The zero-order chi connectivity index (χ0) is 19.7. The minimum atomic E-state index is -0.135. The number of hydrogen-bond donors (Lipinski definition) is 0. The molecule has 0 bridgehead atoms. The van der Waals surface area contributed by atoms with Crippen LogP contribution in [0.5, 0.6) is 11.5 Å². The first-order chi connectivity index (χ1) is 13.7. The molecule has 1 atom stereocenters. The molecule has 1 aliphatic rings. The summed E-state index contributed by atoms with van der Waals surface area (Å²) in [7, 11) is 3.13. The van der Waals surface area contributed by atoms with E-state index in [0.29, 0.717) is 34.4 Å².